The van der Waals surface area contributed by atoms with Crippen molar-refractivity contribution in [3.05, 3.63) is 28.2 Å². The van der Waals surface area contributed by atoms with E-state index in [0.717, 1.165) is 28.8 Å². The third kappa shape index (κ3) is 5.79. The first-order valence-electron chi connectivity index (χ1n) is 7.02. The highest BCUT2D eigenvalue weighted by molar-refractivity contribution is 9.10. The first-order valence-corrected chi connectivity index (χ1v) is 7.81. The highest BCUT2D eigenvalue weighted by Gasteiger charge is 2.11. The third-order valence-corrected chi connectivity index (χ3v) is 3.47. The van der Waals surface area contributed by atoms with Gasteiger partial charge in [-0.2, -0.15) is 0 Å². The summed E-state index contributed by atoms with van der Waals surface area (Å²) in [5.74, 6) is 0. The van der Waals surface area contributed by atoms with E-state index in [1.165, 1.54) is 0 Å². The van der Waals surface area contributed by atoms with Crippen LogP contribution in [0.4, 0.5) is 5.69 Å². The van der Waals surface area contributed by atoms with Crippen molar-refractivity contribution in [1.82, 2.24) is 0 Å². The van der Waals surface area contributed by atoms with Crippen molar-refractivity contribution in [1.29, 1.82) is 0 Å². The lowest BCUT2D eigenvalue weighted by atomic mass is 10.1. The van der Waals surface area contributed by atoms with Crippen molar-refractivity contribution in [2.75, 3.05) is 44.4 Å². The lowest BCUT2D eigenvalue weighted by Gasteiger charge is -2.27. The smallest absolute Gasteiger partial charge is 0.0702 e. The molecule has 0 amide bonds. The monoisotopic (exact) mass is 345 g/mol. The van der Waals surface area contributed by atoms with Crippen LogP contribution in [-0.4, -0.2) is 44.6 Å². The molecule has 0 aliphatic carbocycles. The summed E-state index contributed by atoms with van der Waals surface area (Å²) in [5, 5.41) is 9.50. The van der Waals surface area contributed by atoms with Gasteiger partial charge in [0.2, 0.25) is 0 Å². The second-order valence-electron chi connectivity index (χ2n) is 4.31. The Hall–Kier alpha value is -0.620. The van der Waals surface area contributed by atoms with Crippen LogP contribution in [0.25, 0.3) is 0 Å². The van der Waals surface area contributed by atoms with Gasteiger partial charge < -0.3 is 19.5 Å². The number of nitrogens with zero attached hydrogens (tertiary/aromatic N) is 1. The average molecular weight is 346 g/mol. The van der Waals surface area contributed by atoms with E-state index in [4.69, 9.17) is 9.47 Å². The number of rotatable bonds is 10. The summed E-state index contributed by atoms with van der Waals surface area (Å²) < 4.78 is 11.9. The van der Waals surface area contributed by atoms with Crippen molar-refractivity contribution in [2.24, 2.45) is 0 Å². The Balaban J connectivity index is 2.80. The molecule has 5 heteroatoms. The first kappa shape index (κ1) is 17.4. The Morgan fingerprint density at radius 1 is 1.10 bits per heavy atom. The topological polar surface area (TPSA) is 41.9 Å². The average Bonchev–Trinajstić information content (AvgIpc) is 2.46. The van der Waals surface area contributed by atoms with Crippen LogP contribution in [0.3, 0.4) is 0 Å². The normalized spacial score (nSPS) is 10.8. The minimum absolute atomic E-state index is 0.0301. The Labute approximate surface area is 129 Å². The van der Waals surface area contributed by atoms with Crippen molar-refractivity contribution in [2.45, 2.75) is 20.5 Å². The van der Waals surface area contributed by atoms with Crippen molar-refractivity contribution in [3.63, 3.8) is 0 Å². The van der Waals surface area contributed by atoms with Crippen molar-refractivity contribution < 1.29 is 14.6 Å². The Morgan fingerprint density at radius 2 is 1.70 bits per heavy atom. The Morgan fingerprint density at radius 3 is 2.20 bits per heavy atom. The van der Waals surface area contributed by atoms with Crippen molar-refractivity contribution >= 4 is 21.6 Å². The second kappa shape index (κ2) is 10.2. The number of anilines is 1. The molecule has 1 rings (SSSR count). The van der Waals surface area contributed by atoms with Gasteiger partial charge in [0, 0.05) is 42.0 Å². The van der Waals surface area contributed by atoms with Gasteiger partial charge in [-0.15, -0.1) is 0 Å². The highest BCUT2D eigenvalue weighted by atomic mass is 79.9. The number of halogens is 1. The number of hydrogen-bond donors (Lipinski definition) is 1. The number of hydrogen-bond acceptors (Lipinski definition) is 4. The van der Waals surface area contributed by atoms with E-state index < -0.39 is 0 Å². The molecular weight excluding hydrogens is 322 g/mol. The molecule has 1 aromatic carbocycles. The fraction of sp³-hybridized carbons (Fsp3) is 0.600. The van der Waals surface area contributed by atoms with Gasteiger partial charge in [-0.25, -0.2) is 0 Å². The second-order valence-corrected chi connectivity index (χ2v) is 5.23. The summed E-state index contributed by atoms with van der Waals surface area (Å²) in [7, 11) is 0. The molecule has 0 saturated heterocycles. The molecule has 0 atom stereocenters. The molecule has 0 aliphatic rings. The molecule has 4 nitrogen and oxygen atoms in total. The predicted octanol–water partition coefficient (Wildman–Crippen LogP) is 2.82. The third-order valence-electron chi connectivity index (χ3n) is 2.98. The molecule has 1 aromatic rings. The standard InChI is InChI=1S/C15H24BrNO3/c1-3-19-9-7-17(8-10-20-4-2)15-11-14(16)6-5-13(15)12-18/h5-6,11,18H,3-4,7-10,12H2,1-2H3. The van der Waals surface area contributed by atoms with Gasteiger partial charge in [-0.3, -0.25) is 0 Å². The highest BCUT2D eigenvalue weighted by Crippen LogP contribution is 2.25. The molecule has 0 bridgehead atoms. The largest absolute Gasteiger partial charge is 0.392 e. The van der Waals surface area contributed by atoms with Gasteiger partial charge >= 0.3 is 0 Å². The summed E-state index contributed by atoms with van der Waals surface area (Å²) >= 11 is 3.49. The van der Waals surface area contributed by atoms with Gasteiger partial charge in [0.1, 0.15) is 0 Å². The molecule has 0 spiro atoms. The van der Waals surface area contributed by atoms with E-state index >= 15 is 0 Å². The molecule has 20 heavy (non-hydrogen) atoms. The van der Waals surface area contributed by atoms with Crippen LogP contribution in [0.5, 0.6) is 0 Å². The lowest BCUT2D eigenvalue weighted by molar-refractivity contribution is 0.141. The molecule has 0 unspecified atom stereocenters. The van der Waals surface area contributed by atoms with E-state index in [9.17, 15) is 5.11 Å². The molecule has 0 heterocycles. The molecule has 0 aromatic heterocycles. The SMILES string of the molecule is CCOCCN(CCOCC)c1cc(Br)ccc1CO. The Kier molecular flexibility index (Phi) is 8.85. The molecule has 0 fully saturated rings. The minimum atomic E-state index is 0.0301. The zero-order valence-electron chi connectivity index (χ0n) is 12.3. The van der Waals surface area contributed by atoms with Gasteiger partial charge in [0.15, 0.2) is 0 Å². The van der Waals surface area contributed by atoms with Crippen LogP contribution in [0.2, 0.25) is 0 Å². The molecular formula is C15H24BrNO3. The van der Waals surface area contributed by atoms with Crippen LogP contribution in [0.1, 0.15) is 19.4 Å². The molecule has 114 valence electrons. The van der Waals surface area contributed by atoms with Crippen LogP contribution in [-0.2, 0) is 16.1 Å². The summed E-state index contributed by atoms with van der Waals surface area (Å²) in [6.07, 6.45) is 0. The van der Waals surface area contributed by atoms with Gasteiger partial charge in [-0.05, 0) is 26.0 Å². The van der Waals surface area contributed by atoms with E-state index in [0.29, 0.717) is 26.4 Å². The zero-order chi connectivity index (χ0) is 14.8. The number of benzene rings is 1. The van der Waals surface area contributed by atoms with Gasteiger partial charge in [-0.1, -0.05) is 22.0 Å². The molecule has 0 aliphatic heterocycles. The number of ether oxygens (including phenoxy) is 2. The predicted molar refractivity (Wildman–Crippen MR) is 85.3 cm³/mol. The van der Waals surface area contributed by atoms with Crippen LogP contribution < -0.4 is 4.90 Å². The Bertz CT molecular complexity index is 377. The van der Waals surface area contributed by atoms with E-state index in [-0.39, 0.29) is 6.61 Å². The van der Waals surface area contributed by atoms with Crippen molar-refractivity contribution in [3.8, 4) is 0 Å². The lowest BCUT2D eigenvalue weighted by Crippen LogP contribution is -2.32. The maximum Gasteiger partial charge on any atom is 0.0702 e. The number of aliphatic hydroxyl groups excluding tert-OH is 1. The maximum absolute atomic E-state index is 9.50. The summed E-state index contributed by atoms with van der Waals surface area (Å²) in [5.41, 5.74) is 1.95. The van der Waals surface area contributed by atoms with Crippen LogP contribution in [0, 0.1) is 0 Å². The van der Waals surface area contributed by atoms with Gasteiger partial charge in [0.05, 0.1) is 19.8 Å². The van der Waals surface area contributed by atoms with Gasteiger partial charge in [0.25, 0.3) is 0 Å². The van der Waals surface area contributed by atoms with Crippen LogP contribution in [0.15, 0.2) is 22.7 Å². The first-order chi connectivity index (χ1) is 9.72. The molecule has 0 radical (unpaired) electrons. The molecule has 1 N–H and O–H groups in total. The summed E-state index contributed by atoms with van der Waals surface area (Å²) in [4.78, 5) is 2.20. The minimum Gasteiger partial charge on any atom is -0.392 e. The number of aliphatic hydroxyl groups is 1. The van der Waals surface area contributed by atoms with E-state index in [2.05, 4.69) is 20.8 Å². The molecule has 0 saturated carbocycles. The maximum atomic E-state index is 9.50. The quantitative estimate of drug-likeness (QED) is 0.662. The fourth-order valence-corrected chi connectivity index (χ4v) is 2.30. The van der Waals surface area contributed by atoms with E-state index in [1.54, 1.807) is 0 Å². The fourth-order valence-electron chi connectivity index (χ4n) is 1.96. The zero-order valence-corrected chi connectivity index (χ0v) is 13.9. The van der Waals surface area contributed by atoms with E-state index in [1.807, 2.05) is 32.0 Å². The summed E-state index contributed by atoms with van der Waals surface area (Å²) in [6.45, 7) is 8.33. The van der Waals surface area contributed by atoms with Crippen LogP contribution >= 0.6 is 15.9 Å². The summed E-state index contributed by atoms with van der Waals surface area (Å²) in [6, 6.07) is 5.91.